The van der Waals surface area contributed by atoms with Gasteiger partial charge in [0.05, 0.1) is 4.47 Å². The summed E-state index contributed by atoms with van der Waals surface area (Å²) < 4.78 is 18.2. The normalized spacial score (nSPS) is 11.7. The number of aromatic nitrogens is 2. The minimum absolute atomic E-state index is 0.265. The lowest BCUT2D eigenvalue weighted by atomic mass is 10.3. The average molecular weight is 375 g/mol. The molecule has 0 unspecified atom stereocenters. The van der Waals surface area contributed by atoms with Crippen molar-refractivity contribution in [2.75, 3.05) is 23.9 Å². The second-order valence-corrected chi connectivity index (χ2v) is 5.89. The van der Waals surface area contributed by atoms with Crippen molar-refractivity contribution < 1.29 is 14.0 Å². The van der Waals surface area contributed by atoms with E-state index in [0.717, 1.165) is 12.3 Å². The van der Waals surface area contributed by atoms with E-state index >= 15 is 0 Å². The van der Waals surface area contributed by atoms with Gasteiger partial charge < -0.3 is 5.32 Å². The second-order valence-electron chi connectivity index (χ2n) is 4.05. The van der Waals surface area contributed by atoms with Crippen molar-refractivity contribution in [2.45, 2.75) is 0 Å². The van der Waals surface area contributed by atoms with Crippen LogP contribution in [0, 0.1) is 5.82 Å². The molecule has 0 saturated heterocycles. The van der Waals surface area contributed by atoms with Crippen molar-refractivity contribution in [3.05, 3.63) is 34.2 Å². The zero-order valence-corrected chi connectivity index (χ0v) is 13.6. The Bertz CT molecular complexity index is 648. The summed E-state index contributed by atoms with van der Waals surface area (Å²) in [4.78, 5) is 2.93. The molecule has 2 rings (SSSR count). The van der Waals surface area contributed by atoms with Crippen LogP contribution >= 0.6 is 27.7 Å². The number of benzene rings is 1. The predicted molar refractivity (Wildman–Crippen MR) is 84.2 cm³/mol. The van der Waals surface area contributed by atoms with E-state index in [1.165, 1.54) is 6.07 Å². The maximum absolute atomic E-state index is 13.2. The molecule has 2 aromatic rings. The molecule has 4 N–H and O–H groups in total. The Hall–Kier alpha value is -1.61. The molecule has 0 aliphatic carbocycles. The lowest BCUT2D eigenvalue weighted by molar-refractivity contribution is -0.354. The Labute approximate surface area is 133 Å². The molecule has 0 spiro atoms. The number of amidine groups is 1. The number of nitrogens with two attached hydrogens (primary N) is 1. The number of nitrogens with zero attached hydrogens (tertiary/aromatic N) is 2. The summed E-state index contributed by atoms with van der Waals surface area (Å²) in [6.07, 6.45) is 2.01. The quantitative estimate of drug-likeness (QED) is 0.394. The molecule has 0 aliphatic heterocycles. The van der Waals surface area contributed by atoms with Crippen LogP contribution in [0.4, 0.5) is 15.9 Å². The number of hydrogen-bond donors (Lipinski definition) is 3. The lowest BCUT2D eigenvalue weighted by Gasteiger charge is -2.00. The molecule has 0 aliphatic rings. The van der Waals surface area contributed by atoms with Crippen molar-refractivity contribution in [3.63, 3.8) is 0 Å². The number of halogens is 2. The molecular formula is C12H14BrFN5OS+. The van der Waals surface area contributed by atoms with Gasteiger partial charge in [0.1, 0.15) is 11.5 Å². The molecule has 9 heteroatoms. The van der Waals surface area contributed by atoms with Gasteiger partial charge in [-0.15, -0.1) is 0 Å². The molecule has 112 valence electrons. The minimum Gasteiger partial charge on any atom is -0.364 e. The van der Waals surface area contributed by atoms with Crippen LogP contribution in [0.3, 0.4) is 0 Å². The Kier molecular flexibility index (Phi) is 5.57. The van der Waals surface area contributed by atoms with E-state index in [1.807, 2.05) is 6.26 Å². The Morgan fingerprint density at radius 1 is 1.52 bits per heavy atom. The molecule has 1 aromatic carbocycles. The van der Waals surface area contributed by atoms with Crippen molar-refractivity contribution in [3.8, 4) is 0 Å². The summed E-state index contributed by atoms with van der Waals surface area (Å²) in [6, 6.07) is 4.48. The van der Waals surface area contributed by atoms with E-state index in [-0.39, 0.29) is 11.7 Å². The summed E-state index contributed by atoms with van der Waals surface area (Å²) in [6.45, 7) is 0.720. The first kappa shape index (κ1) is 15.8. The third kappa shape index (κ3) is 4.18. The number of rotatable bonds is 6. The number of nitrogens with one attached hydrogen (secondary N) is 2. The fourth-order valence-electron chi connectivity index (χ4n) is 1.54. The largest absolute Gasteiger partial charge is 0.364 e. The summed E-state index contributed by atoms with van der Waals surface area (Å²) in [7, 11) is 0. The lowest BCUT2D eigenvalue weighted by Crippen LogP contribution is -2.69. The van der Waals surface area contributed by atoms with E-state index in [2.05, 4.69) is 36.6 Å². The van der Waals surface area contributed by atoms with Crippen LogP contribution in [0.1, 0.15) is 5.69 Å². The van der Waals surface area contributed by atoms with Gasteiger partial charge in [0.25, 0.3) is 0 Å². The van der Waals surface area contributed by atoms with Crippen molar-refractivity contribution in [1.82, 2.24) is 10.3 Å². The Morgan fingerprint density at radius 3 is 3.05 bits per heavy atom. The molecule has 0 fully saturated rings. The molecule has 1 heterocycles. The van der Waals surface area contributed by atoms with Gasteiger partial charge in [-0.25, -0.2) is 14.0 Å². The summed E-state index contributed by atoms with van der Waals surface area (Å²) in [5.41, 5.74) is 6.96. The first-order chi connectivity index (χ1) is 10.1. The van der Waals surface area contributed by atoms with E-state index in [1.54, 1.807) is 23.9 Å². The van der Waals surface area contributed by atoms with Crippen LogP contribution in [-0.2, 0) is 0 Å². The maximum atomic E-state index is 13.2. The van der Waals surface area contributed by atoms with Crippen LogP contribution in [0.5, 0.6) is 0 Å². The van der Waals surface area contributed by atoms with Gasteiger partial charge in [0, 0.05) is 18.4 Å². The van der Waals surface area contributed by atoms with Crippen LogP contribution in [0.15, 0.2) is 27.3 Å². The average Bonchev–Trinajstić information content (AvgIpc) is 2.92. The first-order valence-corrected chi connectivity index (χ1v) is 8.20. The number of nitrogen functional groups attached to an aromatic ring is 1. The van der Waals surface area contributed by atoms with Crippen LogP contribution in [-0.4, -0.2) is 34.7 Å². The van der Waals surface area contributed by atoms with Gasteiger partial charge in [-0.2, -0.15) is 11.8 Å². The van der Waals surface area contributed by atoms with Crippen molar-refractivity contribution in [2.24, 2.45) is 5.73 Å². The number of anilines is 1. The topological polar surface area (TPSA) is 90.9 Å². The number of thioether (sulfide) groups is 1. The minimum atomic E-state index is -0.346. The maximum Gasteiger partial charge on any atom is 0.304 e. The highest BCUT2D eigenvalue weighted by molar-refractivity contribution is 9.10. The van der Waals surface area contributed by atoms with Gasteiger partial charge in [-0.1, -0.05) is 0 Å². The molecule has 1 aromatic heterocycles. The summed E-state index contributed by atoms with van der Waals surface area (Å²) >= 11 is 4.82. The third-order valence-corrected chi connectivity index (χ3v) is 3.76. The van der Waals surface area contributed by atoms with E-state index in [0.29, 0.717) is 21.7 Å². The Morgan fingerprint density at radius 2 is 2.33 bits per heavy atom. The Balaban J connectivity index is 2.19. The summed E-state index contributed by atoms with van der Waals surface area (Å²) in [5, 5.41) is 10.6. The predicted octanol–water partition coefficient (Wildman–Crippen LogP) is 0.864. The monoisotopic (exact) mass is 374 g/mol. The smallest absolute Gasteiger partial charge is 0.304 e. The fourth-order valence-corrected chi connectivity index (χ4v) is 2.23. The molecule has 0 atom stereocenters. The van der Waals surface area contributed by atoms with E-state index in [4.69, 9.17) is 10.4 Å². The first-order valence-electron chi connectivity index (χ1n) is 6.02. The molecule has 0 bridgehead atoms. The van der Waals surface area contributed by atoms with Gasteiger partial charge >= 0.3 is 5.84 Å². The van der Waals surface area contributed by atoms with E-state index < -0.39 is 0 Å². The highest BCUT2D eigenvalue weighted by Gasteiger charge is 2.18. The van der Waals surface area contributed by atoms with E-state index in [9.17, 15) is 4.39 Å². The zero-order valence-electron chi connectivity index (χ0n) is 11.2. The van der Waals surface area contributed by atoms with Crippen LogP contribution < -0.4 is 16.0 Å². The standard InChI is InChI=1S/C12H13BrFN5OS/c1-21-5-4-16-12-10(18-20-19-12)11(15)17-7-2-3-9(14)8(13)6-7/h2-3,6H,4-5H2,1H3,(H2,15,17)(H,16,19)/p+1. The number of hydrogen-bond acceptors (Lipinski definition) is 5. The summed E-state index contributed by atoms with van der Waals surface area (Å²) in [5.74, 6) is 1.31. The molecular weight excluding hydrogens is 361 g/mol. The van der Waals surface area contributed by atoms with Crippen molar-refractivity contribution >= 4 is 45.0 Å². The molecule has 0 radical (unpaired) electrons. The van der Waals surface area contributed by atoms with Gasteiger partial charge in [-0.05, 0) is 44.6 Å². The molecule has 0 saturated carbocycles. The SMILES string of the molecule is CSCCNc1nonc1C(N)=[NH+]c1ccc(F)c(Br)c1. The van der Waals surface area contributed by atoms with Gasteiger partial charge in [0.2, 0.25) is 11.5 Å². The molecule has 21 heavy (non-hydrogen) atoms. The third-order valence-electron chi connectivity index (χ3n) is 2.54. The van der Waals surface area contributed by atoms with Gasteiger partial charge in [-0.3, -0.25) is 5.73 Å². The van der Waals surface area contributed by atoms with Gasteiger partial charge in [0.15, 0.2) is 0 Å². The van der Waals surface area contributed by atoms with Crippen molar-refractivity contribution in [1.29, 1.82) is 0 Å². The van der Waals surface area contributed by atoms with Crippen LogP contribution in [0.25, 0.3) is 0 Å². The zero-order chi connectivity index (χ0) is 15.2. The molecule has 6 nitrogen and oxygen atoms in total. The second kappa shape index (κ2) is 7.41. The highest BCUT2D eigenvalue weighted by atomic mass is 79.9. The fraction of sp³-hybridized carbons (Fsp3) is 0.250. The van der Waals surface area contributed by atoms with Crippen LogP contribution in [0.2, 0.25) is 0 Å². The molecule has 0 amide bonds. The highest BCUT2D eigenvalue weighted by Crippen LogP contribution is 2.17.